The fourth-order valence-corrected chi connectivity index (χ4v) is 4.38. The third-order valence-corrected chi connectivity index (χ3v) is 5.85. The predicted octanol–water partition coefficient (Wildman–Crippen LogP) is 3.58. The van der Waals surface area contributed by atoms with Gasteiger partial charge in [-0.15, -0.1) is 11.3 Å². The normalized spacial score (nSPS) is 17.9. The molecule has 1 fully saturated rings. The maximum Gasteiger partial charge on any atom is 0.264 e. The Bertz CT molecular complexity index is 702. The number of carbonyl (C=O) groups is 1. The molecule has 1 aliphatic rings. The summed E-state index contributed by atoms with van der Waals surface area (Å²) in [7, 11) is 0. The fourth-order valence-electron chi connectivity index (χ4n) is 3.19. The standard InChI is InChI=1S/C17H20FNO2S/c1-10-15-13(18)4-3-5-14(15)22-16(10)17(21)19-8-6-12(7-9-19)11(2)20/h3-5,11-12,20H,6-9H2,1-2H3. The zero-order valence-corrected chi connectivity index (χ0v) is 13.6. The first-order chi connectivity index (χ1) is 10.5. The first-order valence-corrected chi connectivity index (χ1v) is 8.45. The number of likely N-dealkylation sites (tertiary alicyclic amines) is 1. The smallest absolute Gasteiger partial charge is 0.264 e. The third kappa shape index (κ3) is 2.63. The van der Waals surface area contributed by atoms with E-state index in [1.807, 2.05) is 17.9 Å². The number of hydrogen-bond acceptors (Lipinski definition) is 3. The maximum atomic E-state index is 14.0. The fraction of sp³-hybridized carbons (Fsp3) is 0.471. The molecule has 22 heavy (non-hydrogen) atoms. The van der Waals surface area contributed by atoms with Gasteiger partial charge in [0.2, 0.25) is 0 Å². The number of fused-ring (bicyclic) bond motifs is 1. The third-order valence-electron chi connectivity index (χ3n) is 4.61. The van der Waals surface area contributed by atoms with Crippen LogP contribution in [0.5, 0.6) is 0 Å². The molecule has 1 atom stereocenters. The van der Waals surface area contributed by atoms with E-state index in [4.69, 9.17) is 0 Å². The number of piperidine rings is 1. The monoisotopic (exact) mass is 321 g/mol. The highest BCUT2D eigenvalue weighted by Gasteiger charge is 2.28. The van der Waals surface area contributed by atoms with Gasteiger partial charge < -0.3 is 10.0 Å². The SMILES string of the molecule is Cc1c(C(=O)N2CCC(C(C)O)CC2)sc2cccc(F)c12. The molecule has 1 amide bonds. The summed E-state index contributed by atoms with van der Waals surface area (Å²) in [5, 5.41) is 10.2. The van der Waals surface area contributed by atoms with Crippen molar-refractivity contribution in [3.8, 4) is 0 Å². The molecule has 1 aromatic heterocycles. The van der Waals surface area contributed by atoms with Crippen molar-refractivity contribution in [2.45, 2.75) is 32.8 Å². The number of halogens is 1. The Labute approximate surface area is 133 Å². The molecule has 118 valence electrons. The highest BCUT2D eigenvalue weighted by molar-refractivity contribution is 7.21. The van der Waals surface area contributed by atoms with Crippen molar-refractivity contribution in [1.29, 1.82) is 0 Å². The number of aliphatic hydroxyl groups is 1. The Morgan fingerprint density at radius 1 is 1.41 bits per heavy atom. The number of thiophene rings is 1. The van der Waals surface area contributed by atoms with Crippen LogP contribution in [0.15, 0.2) is 18.2 Å². The molecule has 2 heterocycles. The van der Waals surface area contributed by atoms with Crippen LogP contribution >= 0.6 is 11.3 Å². The van der Waals surface area contributed by atoms with Crippen LogP contribution < -0.4 is 0 Å². The van der Waals surface area contributed by atoms with E-state index in [0.717, 1.165) is 23.1 Å². The van der Waals surface area contributed by atoms with Crippen molar-refractivity contribution in [3.05, 3.63) is 34.5 Å². The molecule has 1 aliphatic heterocycles. The van der Waals surface area contributed by atoms with Gasteiger partial charge in [0.1, 0.15) is 5.82 Å². The van der Waals surface area contributed by atoms with Gasteiger partial charge in [-0.3, -0.25) is 4.79 Å². The van der Waals surface area contributed by atoms with E-state index in [1.165, 1.54) is 17.4 Å². The minimum Gasteiger partial charge on any atom is -0.393 e. The van der Waals surface area contributed by atoms with Gasteiger partial charge in [0.25, 0.3) is 5.91 Å². The van der Waals surface area contributed by atoms with Gasteiger partial charge in [-0.1, -0.05) is 6.07 Å². The number of carbonyl (C=O) groups excluding carboxylic acids is 1. The van der Waals surface area contributed by atoms with E-state index in [9.17, 15) is 14.3 Å². The van der Waals surface area contributed by atoms with Crippen LogP contribution in [0.1, 0.15) is 35.0 Å². The molecule has 1 saturated heterocycles. The number of aryl methyl sites for hydroxylation is 1. The quantitative estimate of drug-likeness (QED) is 0.918. The van der Waals surface area contributed by atoms with Gasteiger partial charge in [0.05, 0.1) is 11.0 Å². The van der Waals surface area contributed by atoms with E-state index >= 15 is 0 Å². The average Bonchev–Trinajstić information content (AvgIpc) is 2.85. The summed E-state index contributed by atoms with van der Waals surface area (Å²) in [4.78, 5) is 15.2. The van der Waals surface area contributed by atoms with Crippen LogP contribution in [0, 0.1) is 18.7 Å². The summed E-state index contributed by atoms with van der Waals surface area (Å²) in [6.45, 7) is 4.94. The number of rotatable bonds is 2. The van der Waals surface area contributed by atoms with Crippen LogP contribution in [-0.2, 0) is 0 Å². The Hall–Kier alpha value is -1.46. The lowest BCUT2D eigenvalue weighted by Crippen LogP contribution is -2.40. The topological polar surface area (TPSA) is 40.5 Å². The molecular formula is C17H20FNO2S. The lowest BCUT2D eigenvalue weighted by molar-refractivity contribution is 0.0524. The molecule has 1 aromatic carbocycles. The number of aliphatic hydroxyl groups excluding tert-OH is 1. The van der Waals surface area contributed by atoms with Crippen LogP contribution in [0.25, 0.3) is 10.1 Å². The van der Waals surface area contributed by atoms with Crippen LogP contribution in [0.2, 0.25) is 0 Å². The number of benzene rings is 1. The van der Waals surface area contributed by atoms with Crippen LogP contribution in [0.4, 0.5) is 4.39 Å². The summed E-state index contributed by atoms with van der Waals surface area (Å²) < 4.78 is 14.8. The van der Waals surface area contributed by atoms with Gasteiger partial charge in [0.15, 0.2) is 0 Å². The second-order valence-corrected chi connectivity index (χ2v) is 7.09. The van der Waals surface area contributed by atoms with Gasteiger partial charge in [-0.05, 0) is 50.3 Å². The molecule has 0 spiro atoms. The Kier molecular flexibility index (Phi) is 4.19. The molecule has 1 unspecified atom stereocenters. The van der Waals surface area contributed by atoms with E-state index in [-0.39, 0.29) is 23.7 Å². The number of amides is 1. The zero-order valence-electron chi connectivity index (χ0n) is 12.8. The lowest BCUT2D eigenvalue weighted by atomic mass is 9.92. The van der Waals surface area contributed by atoms with E-state index < -0.39 is 0 Å². The largest absolute Gasteiger partial charge is 0.393 e. The van der Waals surface area contributed by atoms with Crippen molar-refractivity contribution in [3.63, 3.8) is 0 Å². The van der Waals surface area contributed by atoms with Crippen molar-refractivity contribution in [2.75, 3.05) is 13.1 Å². The van der Waals surface area contributed by atoms with Gasteiger partial charge in [-0.25, -0.2) is 4.39 Å². The zero-order chi connectivity index (χ0) is 15.9. The van der Waals surface area contributed by atoms with Crippen molar-refractivity contribution in [2.24, 2.45) is 5.92 Å². The summed E-state index contributed by atoms with van der Waals surface area (Å²) >= 11 is 1.37. The second kappa shape index (κ2) is 5.97. The van der Waals surface area contributed by atoms with E-state index in [2.05, 4.69) is 0 Å². The van der Waals surface area contributed by atoms with E-state index in [1.54, 1.807) is 13.0 Å². The van der Waals surface area contributed by atoms with E-state index in [0.29, 0.717) is 23.4 Å². The lowest BCUT2D eigenvalue weighted by Gasteiger charge is -2.33. The molecule has 5 heteroatoms. The van der Waals surface area contributed by atoms with Crippen LogP contribution in [0.3, 0.4) is 0 Å². The molecule has 3 rings (SSSR count). The maximum absolute atomic E-state index is 14.0. The highest BCUT2D eigenvalue weighted by atomic mass is 32.1. The van der Waals surface area contributed by atoms with Gasteiger partial charge in [0, 0.05) is 23.2 Å². The van der Waals surface area contributed by atoms with Gasteiger partial charge in [-0.2, -0.15) is 0 Å². The summed E-state index contributed by atoms with van der Waals surface area (Å²) in [5.74, 6) is -0.00902. The summed E-state index contributed by atoms with van der Waals surface area (Å²) in [5.41, 5.74) is 0.737. The molecule has 0 radical (unpaired) electrons. The Balaban J connectivity index is 1.84. The molecular weight excluding hydrogens is 301 g/mol. The minimum atomic E-state index is -0.322. The molecule has 0 bridgehead atoms. The Morgan fingerprint density at radius 2 is 2.09 bits per heavy atom. The molecule has 3 nitrogen and oxygen atoms in total. The molecule has 0 aliphatic carbocycles. The van der Waals surface area contributed by atoms with Gasteiger partial charge >= 0.3 is 0 Å². The van der Waals surface area contributed by atoms with Crippen molar-refractivity contribution in [1.82, 2.24) is 4.90 Å². The predicted molar refractivity (Wildman–Crippen MR) is 86.8 cm³/mol. The first kappa shape index (κ1) is 15.4. The average molecular weight is 321 g/mol. The van der Waals surface area contributed by atoms with Crippen LogP contribution in [-0.4, -0.2) is 35.1 Å². The summed E-state index contributed by atoms with van der Waals surface area (Å²) in [6.07, 6.45) is 1.32. The highest BCUT2D eigenvalue weighted by Crippen LogP contribution is 2.34. The second-order valence-electron chi connectivity index (χ2n) is 6.04. The molecule has 0 saturated carbocycles. The molecule has 2 aromatic rings. The number of hydrogen-bond donors (Lipinski definition) is 1. The first-order valence-electron chi connectivity index (χ1n) is 7.64. The summed E-state index contributed by atoms with van der Waals surface area (Å²) in [6, 6.07) is 4.97. The molecule has 1 N–H and O–H groups in total. The Morgan fingerprint density at radius 3 is 2.68 bits per heavy atom. The van der Waals surface area contributed by atoms with Crippen molar-refractivity contribution >= 4 is 27.3 Å². The van der Waals surface area contributed by atoms with Crippen molar-refractivity contribution < 1.29 is 14.3 Å². The minimum absolute atomic E-state index is 0.0119. The number of nitrogens with zero attached hydrogens (tertiary/aromatic N) is 1.